The first-order valence-electron chi connectivity index (χ1n) is 9.15. The molecule has 0 saturated heterocycles. The molecule has 0 aliphatic rings. The molecule has 0 aromatic rings. The second kappa shape index (κ2) is 9.97. The zero-order valence-corrected chi connectivity index (χ0v) is 17.7. The van der Waals surface area contributed by atoms with Gasteiger partial charge in [-0.1, -0.05) is 67.5 Å². The molecule has 138 valence electrons. The van der Waals surface area contributed by atoms with Gasteiger partial charge in [-0.25, -0.2) is 0 Å². The quantitative estimate of drug-likeness (QED) is 0.444. The molecular formula is C19H40O3Si. The number of aliphatic hydroxyl groups excluding tert-OH is 2. The normalized spacial score (nSPS) is 18.9. The number of hydrogen-bond acceptors (Lipinski definition) is 3. The lowest BCUT2D eigenvalue weighted by molar-refractivity contribution is -0.0189. The van der Waals surface area contributed by atoms with Crippen molar-refractivity contribution in [3.8, 4) is 0 Å². The maximum atomic E-state index is 10.5. The van der Waals surface area contributed by atoms with Crippen LogP contribution in [0.4, 0.5) is 0 Å². The van der Waals surface area contributed by atoms with Crippen molar-refractivity contribution in [1.29, 1.82) is 0 Å². The van der Waals surface area contributed by atoms with Crippen LogP contribution in [0.5, 0.6) is 0 Å². The molecule has 4 atom stereocenters. The van der Waals surface area contributed by atoms with Crippen LogP contribution >= 0.6 is 0 Å². The maximum absolute atomic E-state index is 10.5. The fraction of sp³-hybridized carbons (Fsp3) is 0.895. The molecule has 0 saturated carbocycles. The third kappa shape index (κ3) is 5.70. The molecule has 2 N–H and O–H groups in total. The smallest absolute Gasteiger partial charge is 0.200 e. The Hall–Kier alpha value is -0.163. The minimum atomic E-state index is -1.97. The van der Waals surface area contributed by atoms with Crippen molar-refractivity contribution in [3.63, 3.8) is 0 Å². The van der Waals surface area contributed by atoms with Crippen LogP contribution in [0.3, 0.4) is 0 Å². The van der Waals surface area contributed by atoms with E-state index in [0.717, 1.165) is 0 Å². The van der Waals surface area contributed by atoms with Crippen molar-refractivity contribution in [1.82, 2.24) is 0 Å². The van der Waals surface area contributed by atoms with E-state index in [1.54, 1.807) is 0 Å². The van der Waals surface area contributed by atoms with Gasteiger partial charge in [-0.05, 0) is 23.5 Å². The van der Waals surface area contributed by atoms with Crippen LogP contribution < -0.4 is 0 Å². The Balaban J connectivity index is 4.97. The Morgan fingerprint density at radius 1 is 0.870 bits per heavy atom. The van der Waals surface area contributed by atoms with Crippen LogP contribution in [0.25, 0.3) is 0 Å². The van der Waals surface area contributed by atoms with Crippen molar-refractivity contribution in [2.75, 3.05) is 6.61 Å². The van der Waals surface area contributed by atoms with E-state index < -0.39 is 20.5 Å². The van der Waals surface area contributed by atoms with Gasteiger partial charge in [0.2, 0.25) is 0 Å². The highest BCUT2D eigenvalue weighted by Crippen LogP contribution is 2.42. The van der Waals surface area contributed by atoms with Gasteiger partial charge in [-0.3, -0.25) is 0 Å². The van der Waals surface area contributed by atoms with E-state index in [9.17, 15) is 10.2 Å². The molecule has 0 aliphatic carbocycles. The lowest BCUT2D eigenvalue weighted by Crippen LogP contribution is -2.50. The largest absolute Gasteiger partial charge is 0.413 e. The summed E-state index contributed by atoms with van der Waals surface area (Å²) in [5.74, 6) is -0.175. The Bertz CT molecular complexity index is 331. The van der Waals surface area contributed by atoms with E-state index in [-0.39, 0.29) is 11.8 Å². The summed E-state index contributed by atoms with van der Waals surface area (Å²) < 4.78 is 6.45. The molecule has 0 radical (unpaired) electrons. The molecule has 0 fully saturated rings. The average molecular weight is 345 g/mol. The second-order valence-corrected chi connectivity index (χ2v) is 13.4. The fourth-order valence-corrected chi connectivity index (χ4v) is 9.46. The summed E-state index contributed by atoms with van der Waals surface area (Å²) in [6.45, 7) is 19.6. The van der Waals surface area contributed by atoms with Gasteiger partial charge < -0.3 is 14.6 Å². The molecule has 0 heterocycles. The fourth-order valence-electron chi connectivity index (χ4n) is 4.01. The molecule has 0 bridgehead atoms. The molecule has 0 spiro atoms. The van der Waals surface area contributed by atoms with Gasteiger partial charge in [0.1, 0.15) is 0 Å². The lowest BCUT2D eigenvalue weighted by atomic mass is 9.89. The highest BCUT2D eigenvalue weighted by atomic mass is 28.4. The van der Waals surface area contributed by atoms with Crippen molar-refractivity contribution >= 4 is 8.32 Å². The summed E-state index contributed by atoms with van der Waals surface area (Å²) in [6, 6.07) is 0. The van der Waals surface area contributed by atoms with Crippen LogP contribution in [0, 0.1) is 11.8 Å². The first-order valence-corrected chi connectivity index (χ1v) is 11.3. The summed E-state index contributed by atoms with van der Waals surface area (Å²) in [4.78, 5) is 0. The molecule has 0 amide bonds. The predicted molar refractivity (Wildman–Crippen MR) is 102 cm³/mol. The van der Waals surface area contributed by atoms with Gasteiger partial charge >= 0.3 is 0 Å². The summed E-state index contributed by atoms with van der Waals surface area (Å²) in [5, 5.41) is 20.9. The topological polar surface area (TPSA) is 49.7 Å². The molecule has 0 unspecified atom stereocenters. The van der Waals surface area contributed by atoms with Gasteiger partial charge in [-0.15, -0.1) is 0 Å². The monoisotopic (exact) mass is 344 g/mol. The lowest BCUT2D eigenvalue weighted by Gasteiger charge is -2.43. The average Bonchev–Trinajstić information content (AvgIpc) is 2.45. The molecule has 4 heteroatoms. The van der Waals surface area contributed by atoms with Gasteiger partial charge in [-0.2, -0.15) is 0 Å². The number of allylic oxidation sites excluding steroid dienone is 1. The van der Waals surface area contributed by atoms with Gasteiger partial charge in [0.25, 0.3) is 0 Å². The van der Waals surface area contributed by atoms with E-state index >= 15 is 0 Å². The third-order valence-corrected chi connectivity index (χ3v) is 11.5. The number of aliphatic hydroxyl groups is 2. The molecule has 3 nitrogen and oxygen atoms in total. The summed E-state index contributed by atoms with van der Waals surface area (Å²) >= 11 is 0. The minimum Gasteiger partial charge on any atom is -0.413 e. The molecule has 0 aliphatic heterocycles. The first-order chi connectivity index (χ1) is 10.5. The molecular weight excluding hydrogens is 304 g/mol. The summed E-state index contributed by atoms with van der Waals surface area (Å²) in [6.07, 6.45) is 2.72. The molecule has 0 rings (SSSR count). The van der Waals surface area contributed by atoms with Crippen molar-refractivity contribution in [3.05, 3.63) is 12.2 Å². The zero-order chi connectivity index (χ0) is 18.4. The van der Waals surface area contributed by atoms with Crippen LogP contribution in [0.1, 0.15) is 62.3 Å². The summed E-state index contributed by atoms with van der Waals surface area (Å²) in [7, 11) is -1.97. The highest BCUT2D eigenvalue weighted by Gasteiger charge is 2.45. The zero-order valence-electron chi connectivity index (χ0n) is 16.7. The Kier molecular flexibility index (Phi) is 9.90. The van der Waals surface area contributed by atoms with E-state index in [1.807, 2.05) is 32.9 Å². The molecule has 23 heavy (non-hydrogen) atoms. The third-order valence-electron chi connectivity index (χ3n) is 5.39. The van der Waals surface area contributed by atoms with Crippen LogP contribution in [0.2, 0.25) is 16.6 Å². The van der Waals surface area contributed by atoms with Gasteiger partial charge in [0.05, 0.1) is 18.8 Å². The standard InChI is InChI=1S/C19H40O3Si/c1-10-11-16(8)19(21)17(9)18(20)12-22-23(13(2)3,14(4)5)15(6)7/h10-11,13-21H,12H2,1-9H3/b11-10-/t16-,17+,18+,19-/m1/s1. The maximum Gasteiger partial charge on any atom is 0.200 e. The van der Waals surface area contributed by atoms with Gasteiger partial charge in [0, 0.05) is 11.8 Å². The second-order valence-electron chi connectivity index (χ2n) is 7.93. The van der Waals surface area contributed by atoms with E-state index in [2.05, 4.69) is 41.5 Å². The first kappa shape index (κ1) is 22.8. The predicted octanol–water partition coefficient (Wildman–Crippen LogP) is 4.75. The van der Waals surface area contributed by atoms with Crippen molar-refractivity contribution in [2.45, 2.75) is 91.1 Å². The van der Waals surface area contributed by atoms with Crippen LogP contribution in [-0.4, -0.2) is 37.3 Å². The Morgan fingerprint density at radius 2 is 1.30 bits per heavy atom. The molecule has 0 aromatic carbocycles. The van der Waals surface area contributed by atoms with E-state index in [4.69, 9.17) is 4.43 Å². The van der Waals surface area contributed by atoms with E-state index in [0.29, 0.717) is 23.2 Å². The van der Waals surface area contributed by atoms with Crippen molar-refractivity contribution < 1.29 is 14.6 Å². The highest BCUT2D eigenvalue weighted by molar-refractivity contribution is 6.77. The molecule has 0 aromatic heterocycles. The van der Waals surface area contributed by atoms with E-state index in [1.165, 1.54) is 0 Å². The SMILES string of the molecule is C/C=C\[C@@H](C)[C@@H](O)[C@@H](C)[C@@H](O)CO[Si](C(C)C)(C(C)C)C(C)C. The van der Waals surface area contributed by atoms with Crippen molar-refractivity contribution in [2.24, 2.45) is 11.8 Å². The van der Waals surface area contributed by atoms with Crippen LogP contribution in [0.15, 0.2) is 12.2 Å². The minimum absolute atomic E-state index is 0.0342. The van der Waals surface area contributed by atoms with Gasteiger partial charge in [0.15, 0.2) is 8.32 Å². The summed E-state index contributed by atoms with van der Waals surface area (Å²) in [5.41, 5.74) is 1.49. The Morgan fingerprint density at radius 3 is 1.65 bits per heavy atom. The Labute approximate surface area is 145 Å². The number of rotatable bonds is 10. The number of hydrogen-bond donors (Lipinski definition) is 2. The van der Waals surface area contributed by atoms with Crippen LogP contribution in [-0.2, 0) is 4.43 Å².